The number of benzene rings is 1. The second kappa shape index (κ2) is 6.91. The third-order valence-corrected chi connectivity index (χ3v) is 3.29. The molecule has 104 valence electrons. The maximum absolute atomic E-state index is 11.8. The van der Waals surface area contributed by atoms with Crippen LogP contribution in [0.1, 0.15) is 15.9 Å². The minimum atomic E-state index is -0.201. The van der Waals surface area contributed by atoms with Crippen LogP contribution in [0.5, 0.6) is 0 Å². The van der Waals surface area contributed by atoms with E-state index in [2.05, 4.69) is 20.6 Å². The quantitative estimate of drug-likeness (QED) is 0.652. The molecule has 2 N–H and O–H groups in total. The predicted molar refractivity (Wildman–Crippen MR) is 81.0 cm³/mol. The van der Waals surface area contributed by atoms with Crippen LogP contribution in [0, 0.1) is 0 Å². The summed E-state index contributed by atoms with van der Waals surface area (Å²) in [6, 6.07) is 9.95. The van der Waals surface area contributed by atoms with Crippen molar-refractivity contribution in [3.8, 4) is 0 Å². The van der Waals surface area contributed by atoms with Crippen LogP contribution in [-0.2, 0) is 6.54 Å². The van der Waals surface area contributed by atoms with Crippen molar-refractivity contribution in [3.63, 3.8) is 0 Å². The summed E-state index contributed by atoms with van der Waals surface area (Å²) in [5.74, 6) is 0.348. The zero-order valence-corrected chi connectivity index (χ0v) is 12.2. The molecule has 0 fully saturated rings. The summed E-state index contributed by atoms with van der Waals surface area (Å²) in [5, 5.41) is 6.42. The summed E-state index contributed by atoms with van der Waals surface area (Å²) in [6.45, 7) is 0.607. The standard InChI is InChI=1S/C14H16N4OS/c1-15-13(19)11-9-17-14(20-2)18-12(11)16-8-10-6-4-3-5-7-10/h3-7,9H,8H2,1-2H3,(H,15,19)(H,16,17,18). The molecule has 0 aliphatic rings. The molecule has 20 heavy (non-hydrogen) atoms. The van der Waals surface area contributed by atoms with E-state index in [4.69, 9.17) is 0 Å². The lowest BCUT2D eigenvalue weighted by atomic mass is 10.2. The molecule has 0 atom stereocenters. The van der Waals surface area contributed by atoms with Gasteiger partial charge in [0.25, 0.3) is 5.91 Å². The Morgan fingerprint density at radius 3 is 2.70 bits per heavy atom. The lowest BCUT2D eigenvalue weighted by Crippen LogP contribution is -2.21. The lowest BCUT2D eigenvalue weighted by Gasteiger charge is -2.10. The van der Waals surface area contributed by atoms with Gasteiger partial charge < -0.3 is 10.6 Å². The van der Waals surface area contributed by atoms with Gasteiger partial charge in [0.1, 0.15) is 11.4 Å². The Morgan fingerprint density at radius 1 is 1.30 bits per heavy atom. The first-order valence-electron chi connectivity index (χ1n) is 6.15. The van der Waals surface area contributed by atoms with Gasteiger partial charge in [-0.15, -0.1) is 0 Å². The van der Waals surface area contributed by atoms with E-state index < -0.39 is 0 Å². The van der Waals surface area contributed by atoms with Crippen molar-refractivity contribution in [1.82, 2.24) is 15.3 Å². The number of carbonyl (C=O) groups is 1. The molecule has 0 bridgehead atoms. The van der Waals surface area contributed by atoms with Crippen LogP contribution in [-0.4, -0.2) is 29.2 Å². The first-order valence-corrected chi connectivity index (χ1v) is 7.38. The van der Waals surface area contributed by atoms with Crippen molar-refractivity contribution in [3.05, 3.63) is 47.7 Å². The molecular formula is C14H16N4OS. The van der Waals surface area contributed by atoms with Gasteiger partial charge in [-0.3, -0.25) is 4.79 Å². The van der Waals surface area contributed by atoms with Crippen LogP contribution in [0.15, 0.2) is 41.7 Å². The van der Waals surface area contributed by atoms with Crippen LogP contribution < -0.4 is 10.6 Å². The molecule has 0 spiro atoms. The number of hydrogen-bond donors (Lipinski definition) is 2. The molecule has 2 rings (SSSR count). The second-order valence-electron chi connectivity index (χ2n) is 4.04. The average molecular weight is 288 g/mol. The van der Waals surface area contributed by atoms with E-state index in [9.17, 15) is 4.79 Å². The summed E-state index contributed by atoms with van der Waals surface area (Å²) in [7, 11) is 1.59. The van der Waals surface area contributed by atoms with Crippen LogP contribution in [0.4, 0.5) is 5.82 Å². The minimum Gasteiger partial charge on any atom is -0.365 e. The Morgan fingerprint density at radius 2 is 2.05 bits per heavy atom. The van der Waals surface area contributed by atoms with Crippen LogP contribution in [0.2, 0.25) is 0 Å². The van der Waals surface area contributed by atoms with Gasteiger partial charge in [-0.05, 0) is 11.8 Å². The Hall–Kier alpha value is -2.08. The molecule has 1 amide bonds. The van der Waals surface area contributed by atoms with E-state index in [0.29, 0.717) is 23.1 Å². The largest absolute Gasteiger partial charge is 0.365 e. The molecule has 0 aliphatic carbocycles. The van der Waals surface area contributed by atoms with Crippen molar-refractivity contribution >= 4 is 23.5 Å². The van der Waals surface area contributed by atoms with Crippen LogP contribution in [0.3, 0.4) is 0 Å². The van der Waals surface area contributed by atoms with E-state index in [1.54, 1.807) is 13.2 Å². The molecule has 0 radical (unpaired) electrons. The first kappa shape index (κ1) is 14.3. The summed E-state index contributed by atoms with van der Waals surface area (Å²) in [4.78, 5) is 20.3. The van der Waals surface area contributed by atoms with Gasteiger partial charge in [0.15, 0.2) is 5.16 Å². The fraction of sp³-hybridized carbons (Fsp3) is 0.214. The molecule has 6 heteroatoms. The molecular weight excluding hydrogens is 272 g/mol. The first-order chi connectivity index (χ1) is 9.74. The highest BCUT2D eigenvalue weighted by atomic mass is 32.2. The lowest BCUT2D eigenvalue weighted by molar-refractivity contribution is 0.0963. The SMILES string of the molecule is CNC(=O)c1cnc(SC)nc1NCc1ccccc1. The summed E-state index contributed by atoms with van der Waals surface area (Å²) < 4.78 is 0. The van der Waals surface area contributed by atoms with Crippen molar-refractivity contribution in [1.29, 1.82) is 0 Å². The summed E-state index contributed by atoms with van der Waals surface area (Å²) >= 11 is 1.44. The molecule has 2 aromatic rings. The van der Waals surface area contributed by atoms with Crippen LogP contribution >= 0.6 is 11.8 Å². The number of rotatable bonds is 5. The summed E-state index contributed by atoms with van der Waals surface area (Å²) in [5.41, 5.74) is 1.57. The molecule has 1 aromatic heterocycles. The topological polar surface area (TPSA) is 66.9 Å². The number of thioether (sulfide) groups is 1. The number of nitrogens with zero attached hydrogens (tertiary/aromatic N) is 2. The molecule has 5 nitrogen and oxygen atoms in total. The molecule has 1 aromatic carbocycles. The molecule has 1 heterocycles. The molecule has 0 aliphatic heterocycles. The average Bonchev–Trinajstić information content (AvgIpc) is 2.52. The number of amides is 1. The van der Waals surface area contributed by atoms with E-state index in [1.807, 2.05) is 36.6 Å². The van der Waals surface area contributed by atoms with Gasteiger partial charge in [0.2, 0.25) is 0 Å². The number of carbonyl (C=O) groups excluding carboxylic acids is 1. The summed E-state index contributed by atoms with van der Waals surface area (Å²) in [6.07, 6.45) is 3.45. The second-order valence-corrected chi connectivity index (χ2v) is 4.81. The Balaban J connectivity index is 2.21. The van der Waals surface area contributed by atoms with Crippen molar-refractivity contribution in [2.24, 2.45) is 0 Å². The highest BCUT2D eigenvalue weighted by Gasteiger charge is 2.13. The van der Waals surface area contributed by atoms with Crippen molar-refractivity contribution in [2.75, 3.05) is 18.6 Å². The Bertz CT molecular complexity index is 589. The normalized spacial score (nSPS) is 10.1. The monoisotopic (exact) mass is 288 g/mol. The maximum Gasteiger partial charge on any atom is 0.256 e. The Kier molecular flexibility index (Phi) is 4.95. The van der Waals surface area contributed by atoms with E-state index >= 15 is 0 Å². The number of hydrogen-bond acceptors (Lipinski definition) is 5. The van der Waals surface area contributed by atoms with Crippen LogP contribution in [0.25, 0.3) is 0 Å². The number of anilines is 1. The molecule has 0 saturated heterocycles. The van der Waals surface area contributed by atoms with E-state index in [0.717, 1.165) is 5.56 Å². The number of nitrogens with one attached hydrogen (secondary N) is 2. The van der Waals surface area contributed by atoms with Gasteiger partial charge in [-0.1, -0.05) is 42.1 Å². The molecule has 0 saturated carbocycles. The van der Waals surface area contributed by atoms with Gasteiger partial charge in [-0.25, -0.2) is 9.97 Å². The third kappa shape index (κ3) is 3.48. The zero-order chi connectivity index (χ0) is 14.4. The maximum atomic E-state index is 11.8. The van der Waals surface area contributed by atoms with Gasteiger partial charge in [0.05, 0.1) is 0 Å². The van der Waals surface area contributed by atoms with Crippen molar-refractivity contribution < 1.29 is 4.79 Å². The van der Waals surface area contributed by atoms with Gasteiger partial charge in [0, 0.05) is 19.8 Å². The fourth-order valence-electron chi connectivity index (χ4n) is 1.68. The smallest absolute Gasteiger partial charge is 0.256 e. The Labute approximate surface area is 122 Å². The van der Waals surface area contributed by atoms with E-state index in [1.165, 1.54) is 11.8 Å². The van der Waals surface area contributed by atoms with Gasteiger partial charge >= 0.3 is 0 Å². The highest BCUT2D eigenvalue weighted by Crippen LogP contribution is 2.17. The molecule has 0 unspecified atom stereocenters. The van der Waals surface area contributed by atoms with Gasteiger partial charge in [-0.2, -0.15) is 0 Å². The van der Waals surface area contributed by atoms with Crippen molar-refractivity contribution in [2.45, 2.75) is 11.7 Å². The predicted octanol–water partition coefficient (Wildman–Crippen LogP) is 2.17. The highest BCUT2D eigenvalue weighted by molar-refractivity contribution is 7.98. The minimum absolute atomic E-state index is 0.201. The number of aromatic nitrogens is 2. The fourth-order valence-corrected chi connectivity index (χ4v) is 2.02. The third-order valence-electron chi connectivity index (χ3n) is 2.72. The zero-order valence-electron chi connectivity index (χ0n) is 11.4. The van der Waals surface area contributed by atoms with E-state index in [-0.39, 0.29) is 5.91 Å².